The van der Waals surface area contributed by atoms with Crippen molar-refractivity contribution in [2.24, 2.45) is 12.8 Å². The molecular formula is C22H22BN5O3. The third-order valence-corrected chi connectivity index (χ3v) is 5.19. The largest absolute Gasteiger partial charge is 0.488 e. The summed E-state index contributed by atoms with van der Waals surface area (Å²) in [7, 11) is 0.366. The van der Waals surface area contributed by atoms with Crippen LogP contribution in [0.25, 0.3) is 22.3 Å². The van der Waals surface area contributed by atoms with Gasteiger partial charge in [-0.2, -0.15) is 0 Å². The van der Waals surface area contributed by atoms with Crippen LogP contribution in [-0.4, -0.2) is 37.6 Å². The molecule has 0 aliphatic carbocycles. The van der Waals surface area contributed by atoms with Crippen molar-refractivity contribution in [3.05, 3.63) is 71.5 Å². The lowest BCUT2D eigenvalue weighted by Crippen LogP contribution is -2.30. The molecule has 0 bridgehead atoms. The molecule has 0 atom stereocenters. The van der Waals surface area contributed by atoms with Gasteiger partial charge >= 0.3 is 7.12 Å². The lowest BCUT2D eigenvalue weighted by Gasteiger charge is -2.12. The summed E-state index contributed by atoms with van der Waals surface area (Å²) < 4.78 is 1.89. The highest BCUT2D eigenvalue weighted by molar-refractivity contribution is 6.58. The molecule has 0 unspecified atom stereocenters. The first-order chi connectivity index (χ1) is 14.8. The normalized spacial score (nSPS) is 11.0. The lowest BCUT2D eigenvalue weighted by atomic mass is 9.80. The predicted molar refractivity (Wildman–Crippen MR) is 121 cm³/mol. The molecule has 0 fully saturated rings. The second-order valence-electron chi connectivity index (χ2n) is 7.42. The zero-order valence-corrected chi connectivity index (χ0v) is 17.2. The fourth-order valence-electron chi connectivity index (χ4n) is 3.64. The summed E-state index contributed by atoms with van der Waals surface area (Å²) in [5.74, 6) is 0.706. The minimum Gasteiger partial charge on any atom is -0.423 e. The number of anilines is 1. The average Bonchev–Trinajstić information content (AvgIpc) is 3.09. The van der Waals surface area contributed by atoms with Gasteiger partial charge in [-0.1, -0.05) is 36.4 Å². The Hall–Kier alpha value is -3.69. The fourth-order valence-corrected chi connectivity index (χ4v) is 3.64. The molecule has 0 radical (unpaired) electrons. The maximum atomic E-state index is 11.8. The highest BCUT2D eigenvalue weighted by Crippen LogP contribution is 2.31. The minimum atomic E-state index is -1.51. The van der Waals surface area contributed by atoms with Gasteiger partial charge in [0.1, 0.15) is 5.82 Å². The first-order valence-electron chi connectivity index (χ1n) is 9.76. The first kappa shape index (κ1) is 20.6. The van der Waals surface area contributed by atoms with Crippen molar-refractivity contribution in [3.8, 4) is 11.5 Å². The molecule has 31 heavy (non-hydrogen) atoms. The second-order valence-corrected chi connectivity index (χ2v) is 7.42. The molecule has 0 saturated heterocycles. The summed E-state index contributed by atoms with van der Waals surface area (Å²) in [4.78, 5) is 21.0. The molecule has 4 rings (SSSR count). The van der Waals surface area contributed by atoms with Crippen LogP contribution in [0.15, 0.2) is 54.9 Å². The minimum absolute atomic E-state index is 0.430. The Kier molecular flexibility index (Phi) is 5.45. The van der Waals surface area contributed by atoms with E-state index in [4.69, 9.17) is 10.7 Å². The Morgan fingerprint density at radius 1 is 1.19 bits per heavy atom. The summed E-state index contributed by atoms with van der Waals surface area (Å²) in [5.41, 5.74) is 8.96. The van der Waals surface area contributed by atoms with E-state index >= 15 is 0 Å². The van der Waals surface area contributed by atoms with Crippen LogP contribution in [0.2, 0.25) is 0 Å². The summed E-state index contributed by atoms with van der Waals surface area (Å²) in [6, 6.07) is 12.5. The van der Waals surface area contributed by atoms with Gasteiger partial charge in [0.15, 0.2) is 5.82 Å². The van der Waals surface area contributed by atoms with Crippen molar-refractivity contribution in [1.82, 2.24) is 14.5 Å². The number of nitrogens with two attached hydrogens (primary N) is 1. The Balaban J connectivity index is 1.69. The van der Waals surface area contributed by atoms with E-state index < -0.39 is 13.0 Å². The summed E-state index contributed by atoms with van der Waals surface area (Å²) in [6.45, 7) is 2.37. The maximum Gasteiger partial charge on any atom is 0.488 e. The molecule has 0 aliphatic heterocycles. The van der Waals surface area contributed by atoms with E-state index in [1.807, 2.05) is 36.9 Å². The molecule has 4 aromatic rings. The Labute approximate surface area is 179 Å². The number of nitrogens with one attached hydrogen (secondary N) is 1. The van der Waals surface area contributed by atoms with Crippen LogP contribution in [0.1, 0.15) is 21.5 Å². The second kappa shape index (κ2) is 8.21. The van der Waals surface area contributed by atoms with Gasteiger partial charge in [0.05, 0.1) is 5.69 Å². The first-order valence-corrected chi connectivity index (χ1v) is 9.76. The Morgan fingerprint density at radius 2 is 1.97 bits per heavy atom. The van der Waals surface area contributed by atoms with Crippen molar-refractivity contribution in [1.29, 1.82) is 0 Å². The van der Waals surface area contributed by atoms with Gasteiger partial charge < -0.3 is 25.7 Å². The van der Waals surface area contributed by atoms with Crippen LogP contribution in [0.5, 0.6) is 0 Å². The molecule has 2 aromatic heterocycles. The van der Waals surface area contributed by atoms with Gasteiger partial charge in [0.25, 0.3) is 0 Å². The summed E-state index contributed by atoms with van der Waals surface area (Å²) in [5, 5.41) is 23.6. The fraction of sp³-hybridized carbons (Fsp3) is 0.136. The van der Waals surface area contributed by atoms with Crippen LogP contribution < -0.4 is 16.5 Å². The molecule has 156 valence electrons. The molecule has 2 heterocycles. The highest BCUT2D eigenvalue weighted by Gasteiger charge is 2.17. The molecular weight excluding hydrogens is 393 g/mol. The monoisotopic (exact) mass is 415 g/mol. The van der Waals surface area contributed by atoms with Crippen molar-refractivity contribution in [3.63, 3.8) is 0 Å². The number of benzene rings is 2. The number of aromatic nitrogens is 3. The van der Waals surface area contributed by atoms with Gasteiger partial charge in [-0.15, -0.1) is 0 Å². The van der Waals surface area contributed by atoms with Crippen LogP contribution in [-0.2, 0) is 13.6 Å². The maximum absolute atomic E-state index is 11.8. The number of carbonyl (C=O) groups is 1. The zero-order valence-electron chi connectivity index (χ0n) is 17.2. The smallest absolute Gasteiger partial charge is 0.423 e. The van der Waals surface area contributed by atoms with Crippen LogP contribution in [0.3, 0.4) is 0 Å². The quantitative estimate of drug-likeness (QED) is 0.352. The standard InChI is InChI=1S/C22H22BN5O3/c1-13-10-25-22(19-16-7-4-8-17(20(24)29)18(16)12-28(19)2)27-21(13)26-11-14-5-3-6-15(9-14)23(30)31/h3-10,12,30-31H,11H2,1-2H3,(H2,24,29)(H,25,26,27). The lowest BCUT2D eigenvalue weighted by molar-refractivity contribution is 0.100. The number of aryl methyl sites for hydroxylation is 2. The van der Waals surface area contributed by atoms with Gasteiger partial charge in [-0.3, -0.25) is 4.79 Å². The van der Waals surface area contributed by atoms with Crippen molar-refractivity contribution >= 4 is 35.1 Å². The molecule has 9 heteroatoms. The SMILES string of the molecule is Cc1cnc(-c2c3cccc(C(N)=O)c3cn2C)nc1NCc1cccc(B(O)O)c1. The number of rotatable bonds is 6. The molecule has 8 nitrogen and oxygen atoms in total. The Morgan fingerprint density at radius 3 is 2.71 bits per heavy atom. The van der Waals surface area contributed by atoms with Crippen LogP contribution >= 0.6 is 0 Å². The molecule has 5 N–H and O–H groups in total. The zero-order chi connectivity index (χ0) is 22.1. The van der Waals surface area contributed by atoms with E-state index in [2.05, 4.69) is 10.3 Å². The molecule has 1 amide bonds. The topological polar surface area (TPSA) is 126 Å². The van der Waals surface area contributed by atoms with Gasteiger partial charge in [0.2, 0.25) is 5.91 Å². The number of hydrogen-bond donors (Lipinski definition) is 4. The average molecular weight is 415 g/mol. The van der Waals surface area contributed by atoms with E-state index in [1.165, 1.54) is 0 Å². The van der Waals surface area contributed by atoms with Crippen molar-refractivity contribution in [2.75, 3.05) is 5.32 Å². The molecule has 0 saturated carbocycles. The summed E-state index contributed by atoms with van der Waals surface area (Å²) >= 11 is 0. The molecule has 2 aromatic carbocycles. The molecule has 0 aliphatic rings. The van der Waals surface area contributed by atoms with E-state index in [0.29, 0.717) is 29.2 Å². The van der Waals surface area contributed by atoms with Crippen molar-refractivity contribution < 1.29 is 14.8 Å². The summed E-state index contributed by atoms with van der Waals surface area (Å²) in [6.07, 6.45) is 3.60. The van der Waals surface area contributed by atoms with Crippen LogP contribution in [0, 0.1) is 6.92 Å². The van der Waals surface area contributed by atoms with E-state index in [1.54, 1.807) is 36.5 Å². The Bertz CT molecular complexity index is 1290. The number of fused-ring (bicyclic) bond motifs is 1. The van der Waals surface area contributed by atoms with E-state index in [-0.39, 0.29) is 0 Å². The van der Waals surface area contributed by atoms with E-state index in [0.717, 1.165) is 27.6 Å². The number of hydrogen-bond acceptors (Lipinski definition) is 6. The predicted octanol–water partition coefficient (Wildman–Crippen LogP) is 1.33. The van der Waals surface area contributed by atoms with Crippen LogP contribution in [0.4, 0.5) is 5.82 Å². The number of carbonyl (C=O) groups excluding carboxylic acids is 1. The number of amides is 1. The third-order valence-electron chi connectivity index (χ3n) is 5.19. The van der Waals surface area contributed by atoms with Gasteiger partial charge in [0, 0.05) is 47.9 Å². The third kappa shape index (κ3) is 4.01. The number of primary amides is 1. The van der Waals surface area contributed by atoms with Gasteiger partial charge in [-0.25, -0.2) is 9.97 Å². The molecule has 0 spiro atoms. The van der Waals surface area contributed by atoms with Crippen molar-refractivity contribution in [2.45, 2.75) is 13.5 Å². The van der Waals surface area contributed by atoms with E-state index in [9.17, 15) is 14.8 Å². The highest BCUT2D eigenvalue weighted by atomic mass is 16.4. The number of nitrogens with zero attached hydrogens (tertiary/aromatic N) is 3. The van der Waals surface area contributed by atoms with Gasteiger partial charge in [-0.05, 0) is 24.0 Å².